The normalized spacial score (nSPS) is 23.4. The second-order valence-corrected chi connectivity index (χ2v) is 7.77. The van der Waals surface area contributed by atoms with Gasteiger partial charge in [-0.05, 0) is 35.0 Å². The van der Waals surface area contributed by atoms with Crippen LogP contribution >= 0.6 is 0 Å². The lowest BCUT2D eigenvalue weighted by molar-refractivity contribution is -0.130. The number of hydrogen-bond donors (Lipinski definition) is 0. The molecule has 2 fully saturated rings. The maximum atomic E-state index is 13.9. The van der Waals surface area contributed by atoms with Crippen molar-refractivity contribution in [2.24, 2.45) is 11.8 Å². The molecule has 1 amide bonds. The summed E-state index contributed by atoms with van der Waals surface area (Å²) in [5.74, 6) is 1.27. The van der Waals surface area contributed by atoms with E-state index >= 15 is 0 Å². The number of carbonyl (C=O) groups excluding carboxylic acids is 1. The Morgan fingerprint density at radius 2 is 1.93 bits per heavy atom. The first kappa shape index (κ1) is 17.8. The summed E-state index contributed by atoms with van der Waals surface area (Å²) in [6, 6.07) is 16.1. The fourth-order valence-electron chi connectivity index (χ4n) is 4.69. The van der Waals surface area contributed by atoms with Crippen LogP contribution < -0.4 is 4.90 Å². The van der Waals surface area contributed by atoms with Crippen molar-refractivity contribution in [3.8, 4) is 11.5 Å². The van der Waals surface area contributed by atoms with Crippen molar-refractivity contribution < 1.29 is 13.7 Å². The molecule has 6 nitrogen and oxygen atoms in total. The van der Waals surface area contributed by atoms with Crippen LogP contribution in [0.15, 0.2) is 59.1 Å². The first-order valence-corrected chi connectivity index (χ1v) is 9.77. The third-order valence-corrected chi connectivity index (χ3v) is 5.98. The molecular weight excluding hydrogens is 371 g/mol. The molecule has 0 unspecified atom stereocenters. The highest BCUT2D eigenvalue weighted by atomic mass is 19.1. The lowest BCUT2D eigenvalue weighted by atomic mass is 9.89. The average molecular weight is 392 g/mol. The van der Waals surface area contributed by atoms with E-state index in [1.807, 2.05) is 41.3 Å². The number of likely N-dealkylation sites (tertiary alicyclic amines) is 1. The van der Waals surface area contributed by atoms with Gasteiger partial charge in [-0.2, -0.15) is 4.98 Å². The SMILES string of the molecule is CC(=O)N1C[C@H]2CN(c3noc(-c4ccccc4)n3)C[C@H]2[C@@H]1c1cccc(F)c1. The summed E-state index contributed by atoms with van der Waals surface area (Å²) >= 11 is 0. The molecule has 148 valence electrons. The predicted octanol–water partition coefficient (Wildman–Crippen LogP) is 3.53. The molecule has 3 heterocycles. The number of halogens is 1. The molecule has 3 aromatic rings. The van der Waals surface area contributed by atoms with Gasteiger partial charge in [0.15, 0.2) is 0 Å². The maximum absolute atomic E-state index is 13.9. The number of carbonyl (C=O) groups is 1. The molecule has 2 saturated heterocycles. The van der Waals surface area contributed by atoms with Crippen molar-refractivity contribution in [2.45, 2.75) is 13.0 Å². The summed E-state index contributed by atoms with van der Waals surface area (Å²) in [6.07, 6.45) is 0. The summed E-state index contributed by atoms with van der Waals surface area (Å²) in [4.78, 5) is 20.8. The van der Waals surface area contributed by atoms with Gasteiger partial charge in [0.25, 0.3) is 11.8 Å². The first-order valence-electron chi connectivity index (χ1n) is 9.77. The van der Waals surface area contributed by atoms with Crippen molar-refractivity contribution in [3.05, 3.63) is 66.0 Å². The highest BCUT2D eigenvalue weighted by Crippen LogP contribution is 2.45. The zero-order valence-corrected chi connectivity index (χ0v) is 16.0. The molecule has 1 aromatic heterocycles. The molecule has 0 bridgehead atoms. The van der Waals surface area contributed by atoms with E-state index in [-0.39, 0.29) is 29.6 Å². The topological polar surface area (TPSA) is 62.5 Å². The Bertz CT molecular complexity index is 1040. The third kappa shape index (κ3) is 3.16. The molecule has 29 heavy (non-hydrogen) atoms. The van der Waals surface area contributed by atoms with Gasteiger partial charge in [-0.1, -0.05) is 30.3 Å². The van der Waals surface area contributed by atoms with Gasteiger partial charge in [-0.15, -0.1) is 0 Å². The molecule has 2 aromatic carbocycles. The number of fused-ring (bicyclic) bond motifs is 1. The van der Waals surface area contributed by atoms with Gasteiger partial charge in [0.2, 0.25) is 5.91 Å². The summed E-state index contributed by atoms with van der Waals surface area (Å²) in [5.41, 5.74) is 1.72. The summed E-state index contributed by atoms with van der Waals surface area (Å²) in [6.45, 7) is 3.68. The van der Waals surface area contributed by atoms with Crippen LogP contribution in [-0.2, 0) is 4.79 Å². The molecule has 0 radical (unpaired) electrons. The fraction of sp³-hybridized carbons (Fsp3) is 0.318. The van der Waals surface area contributed by atoms with E-state index in [4.69, 9.17) is 4.52 Å². The Labute approximate surface area is 167 Å². The summed E-state index contributed by atoms with van der Waals surface area (Å²) in [7, 11) is 0. The van der Waals surface area contributed by atoms with Crippen molar-refractivity contribution in [3.63, 3.8) is 0 Å². The van der Waals surface area contributed by atoms with Crippen LogP contribution in [0.2, 0.25) is 0 Å². The zero-order chi connectivity index (χ0) is 20.0. The molecule has 0 spiro atoms. The van der Waals surface area contributed by atoms with E-state index in [9.17, 15) is 9.18 Å². The van der Waals surface area contributed by atoms with Crippen LogP contribution in [0, 0.1) is 17.7 Å². The van der Waals surface area contributed by atoms with E-state index in [0.29, 0.717) is 24.9 Å². The smallest absolute Gasteiger partial charge is 0.266 e. The van der Waals surface area contributed by atoms with Gasteiger partial charge in [-0.3, -0.25) is 4.79 Å². The minimum atomic E-state index is -0.282. The number of amides is 1. The van der Waals surface area contributed by atoms with Crippen LogP contribution in [0.25, 0.3) is 11.5 Å². The third-order valence-electron chi connectivity index (χ3n) is 5.98. The van der Waals surface area contributed by atoms with Crippen LogP contribution in [-0.4, -0.2) is 40.6 Å². The van der Waals surface area contributed by atoms with Crippen LogP contribution in [0.3, 0.4) is 0 Å². The molecule has 7 heteroatoms. The van der Waals surface area contributed by atoms with Crippen molar-refractivity contribution >= 4 is 11.9 Å². The van der Waals surface area contributed by atoms with Crippen LogP contribution in [0.5, 0.6) is 0 Å². The predicted molar refractivity (Wildman–Crippen MR) is 105 cm³/mol. The van der Waals surface area contributed by atoms with Crippen molar-refractivity contribution in [1.82, 2.24) is 15.0 Å². The highest BCUT2D eigenvalue weighted by Gasteiger charge is 2.49. The van der Waals surface area contributed by atoms with Gasteiger partial charge in [0, 0.05) is 44.0 Å². The number of nitrogens with zero attached hydrogens (tertiary/aromatic N) is 4. The molecular formula is C22H21FN4O2. The number of anilines is 1. The first-order chi connectivity index (χ1) is 14.1. The van der Waals surface area contributed by atoms with E-state index in [2.05, 4.69) is 15.0 Å². The Balaban J connectivity index is 1.41. The van der Waals surface area contributed by atoms with E-state index < -0.39 is 0 Å². The average Bonchev–Trinajstić information content (AvgIpc) is 3.42. The van der Waals surface area contributed by atoms with Gasteiger partial charge in [0.05, 0.1) is 6.04 Å². The van der Waals surface area contributed by atoms with E-state index in [1.54, 1.807) is 13.0 Å². The van der Waals surface area contributed by atoms with E-state index in [0.717, 1.165) is 17.7 Å². The van der Waals surface area contributed by atoms with Gasteiger partial charge in [0.1, 0.15) is 5.82 Å². The minimum absolute atomic E-state index is 0.0196. The lowest BCUT2D eigenvalue weighted by Crippen LogP contribution is -2.34. The van der Waals surface area contributed by atoms with Gasteiger partial charge in [-0.25, -0.2) is 4.39 Å². The van der Waals surface area contributed by atoms with Crippen LogP contribution in [0.1, 0.15) is 18.5 Å². The Morgan fingerprint density at radius 3 is 2.69 bits per heavy atom. The van der Waals surface area contributed by atoms with Crippen LogP contribution in [0.4, 0.5) is 10.3 Å². The quantitative estimate of drug-likeness (QED) is 0.682. The largest absolute Gasteiger partial charge is 0.337 e. The summed E-state index contributed by atoms with van der Waals surface area (Å²) < 4.78 is 19.3. The number of rotatable bonds is 3. The van der Waals surface area contributed by atoms with Gasteiger partial charge < -0.3 is 14.3 Å². The molecule has 2 aliphatic heterocycles. The maximum Gasteiger partial charge on any atom is 0.266 e. The number of aromatic nitrogens is 2. The highest BCUT2D eigenvalue weighted by molar-refractivity contribution is 5.74. The molecule has 3 atom stereocenters. The Hall–Kier alpha value is -3.22. The molecule has 5 rings (SSSR count). The standard InChI is InChI=1S/C22H21FN4O2/c1-14(28)27-12-17-11-26(13-19(17)20(27)16-8-5-9-18(23)10-16)22-24-21(29-25-22)15-6-3-2-4-7-15/h2-10,17,19-20H,11-13H2,1H3/t17-,19-,20+/m1/s1. The zero-order valence-electron chi connectivity index (χ0n) is 16.0. The monoisotopic (exact) mass is 392 g/mol. The Morgan fingerprint density at radius 1 is 1.10 bits per heavy atom. The molecule has 0 saturated carbocycles. The summed E-state index contributed by atoms with van der Waals surface area (Å²) in [5, 5.41) is 4.17. The second-order valence-electron chi connectivity index (χ2n) is 7.77. The minimum Gasteiger partial charge on any atom is -0.337 e. The van der Waals surface area contributed by atoms with Crippen molar-refractivity contribution in [1.29, 1.82) is 0 Å². The number of benzene rings is 2. The second kappa shape index (κ2) is 6.99. The lowest BCUT2D eigenvalue weighted by Gasteiger charge is -2.28. The number of hydrogen-bond acceptors (Lipinski definition) is 5. The van der Waals surface area contributed by atoms with Crippen molar-refractivity contribution in [2.75, 3.05) is 24.5 Å². The molecule has 0 aliphatic carbocycles. The Kier molecular flexibility index (Phi) is 4.30. The molecule has 2 aliphatic rings. The van der Waals surface area contributed by atoms with Gasteiger partial charge >= 0.3 is 0 Å². The van der Waals surface area contributed by atoms with E-state index in [1.165, 1.54) is 12.1 Å². The molecule has 0 N–H and O–H groups in total. The fourth-order valence-corrected chi connectivity index (χ4v) is 4.69.